The van der Waals surface area contributed by atoms with Crippen LogP contribution in [0.1, 0.15) is 19.8 Å². The van der Waals surface area contributed by atoms with Crippen LogP contribution in [0.2, 0.25) is 0 Å². The summed E-state index contributed by atoms with van der Waals surface area (Å²) < 4.78 is 32.7. The summed E-state index contributed by atoms with van der Waals surface area (Å²) in [5, 5.41) is 9.55. The molecule has 1 spiro atoms. The maximum atomic E-state index is 13.0. The van der Waals surface area contributed by atoms with Gasteiger partial charge >= 0.3 is 0 Å². The third kappa shape index (κ3) is 4.95. The monoisotopic (exact) mass is 423 g/mol. The van der Waals surface area contributed by atoms with Crippen LogP contribution in [0.5, 0.6) is 0 Å². The second-order valence-corrected chi connectivity index (χ2v) is 9.21. The average molecular weight is 424 g/mol. The highest BCUT2D eigenvalue weighted by Crippen LogP contribution is 2.29. The van der Waals surface area contributed by atoms with Crippen LogP contribution < -0.4 is 16.0 Å². The predicted molar refractivity (Wildman–Crippen MR) is 112 cm³/mol. The number of methoxy groups -OCH3 is 1. The highest BCUT2D eigenvalue weighted by molar-refractivity contribution is 7.89. The topological polar surface area (TPSA) is 112 Å². The van der Waals surface area contributed by atoms with E-state index in [1.165, 1.54) is 23.4 Å². The Balaban J connectivity index is 1.68. The number of nitrogens with one attached hydrogen (secondary N) is 3. The second-order valence-electron chi connectivity index (χ2n) is 7.27. The lowest BCUT2D eigenvalue weighted by molar-refractivity contribution is -0.114. The number of hydrogen-bond donors (Lipinski definition) is 3. The lowest BCUT2D eigenvalue weighted by Gasteiger charge is -2.44. The van der Waals surface area contributed by atoms with Gasteiger partial charge in [-0.25, -0.2) is 8.42 Å². The van der Waals surface area contributed by atoms with Gasteiger partial charge in [0.1, 0.15) is 5.84 Å². The van der Waals surface area contributed by atoms with Crippen LogP contribution in [0.4, 0.5) is 5.69 Å². The van der Waals surface area contributed by atoms with Crippen LogP contribution in [0.3, 0.4) is 0 Å². The molecule has 0 radical (unpaired) electrons. The molecule has 3 rings (SSSR count). The fraction of sp³-hybridized carbons (Fsp3) is 0.579. The molecule has 1 aromatic rings. The van der Waals surface area contributed by atoms with Crippen LogP contribution in [-0.4, -0.2) is 76.4 Å². The number of rotatable bonds is 6. The number of benzene rings is 1. The minimum Gasteiger partial charge on any atom is -0.383 e. The van der Waals surface area contributed by atoms with Crippen molar-refractivity contribution in [1.29, 1.82) is 0 Å². The molecule has 9 nitrogen and oxygen atoms in total. The normalized spacial score (nSPS) is 19.6. The molecule has 0 unspecified atom stereocenters. The first-order valence-corrected chi connectivity index (χ1v) is 11.2. The lowest BCUT2D eigenvalue weighted by Crippen LogP contribution is -2.64. The molecule has 3 N–H and O–H groups in total. The minimum absolute atomic E-state index is 0.196. The van der Waals surface area contributed by atoms with E-state index in [1.807, 2.05) is 0 Å². The van der Waals surface area contributed by atoms with Crippen LogP contribution in [0.15, 0.2) is 34.2 Å². The number of nitrogens with zero attached hydrogens (tertiary/aromatic N) is 2. The van der Waals surface area contributed by atoms with Crippen molar-refractivity contribution in [2.75, 3.05) is 51.8 Å². The standard InChI is InChI=1S/C19H29N5O4S/c1-15(25)23-16-3-5-17(6-4-16)29(26,27)24-12-7-19(8-13-24)18(20-9-10-22-19)21-11-14-28-2/h3-6,22H,7-14H2,1-2H3,(H,20,21)(H,23,25). The van der Waals surface area contributed by atoms with Gasteiger partial charge in [0.2, 0.25) is 15.9 Å². The number of sulfonamides is 1. The van der Waals surface area contributed by atoms with Crippen molar-refractivity contribution in [2.45, 2.75) is 30.2 Å². The van der Waals surface area contributed by atoms with Crippen LogP contribution in [0.25, 0.3) is 0 Å². The molecular weight excluding hydrogens is 394 g/mol. The molecule has 1 aromatic carbocycles. The van der Waals surface area contributed by atoms with Gasteiger partial charge in [-0.15, -0.1) is 0 Å². The number of hydrogen-bond acceptors (Lipinski definition) is 7. The Bertz CT molecular complexity index is 846. The van der Waals surface area contributed by atoms with Crippen molar-refractivity contribution in [3.8, 4) is 0 Å². The summed E-state index contributed by atoms with van der Waals surface area (Å²) in [5.41, 5.74) is 0.260. The Morgan fingerprint density at radius 2 is 1.97 bits per heavy atom. The van der Waals surface area contributed by atoms with Gasteiger partial charge in [-0.1, -0.05) is 0 Å². The predicted octanol–water partition coefficient (Wildman–Crippen LogP) is 0.406. The van der Waals surface area contributed by atoms with Gasteiger partial charge in [-0.05, 0) is 37.1 Å². The summed E-state index contributed by atoms with van der Waals surface area (Å²) >= 11 is 0. The van der Waals surface area contributed by atoms with E-state index in [9.17, 15) is 13.2 Å². The smallest absolute Gasteiger partial charge is 0.243 e. The van der Waals surface area contributed by atoms with Crippen LogP contribution in [-0.2, 0) is 19.6 Å². The van der Waals surface area contributed by atoms with Gasteiger partial charge in [0.25, 0.3) is 0 Å². The summed E-state index contributed by atoms with van der Waals surface area (Å²) in [5.74, 6) is 0.705. The van der Waals surface area contributed by atoms with Gasteiger partial charge in [-0.2, -0.15) is 4.31 Å². The van der Waals surface area contributed by atoms with E-state index in [4.69, 9.17) is 4.74 Å². The van der Waals surface area contributed by atoms with E-state index in [0.29, 0.717) is 51.3 Å². The lowest BCUT2D eigenvalue weighted by atomic mass is 9.85. The number of amides is 1. The zero-order chi connectivity index (χ0) is 20.9. The first kappa shape index (κ1) is 21.7. The van der Waals surface area contributed by atoms with Crippen molar-refractivity contribution >= 4 is 27.5 Å². The number of carbonyl (C=O) groups excluding carboxylic acids is 1. The Kier molecular flexibility index (Phi) is 6.89. The number of carbonyl (C=O) groups is 1. The van der Waals surface area contributed by atoms with E-state index >= 15 is 0 Å². The summed E-state index contributed by atoms with van der Waals surface area (Å²) in [4.78, 5) is 16.0. The van der Waals surface area contributed by atoms with Gasteiger partial charge in [-0.3, -0.25) is 9.79 Å². The van der Waals surface area contributed by atoms with Crippen molar-refractivity contribution < 1.29 is 17.9 Å². The zero-order valence-electron chi connectivity index (χ0n) is 16.9. The summed E-state index contributed by atoms with van der Waals surface area (Å²) in [6.45, 7) is 4.98. The molecule has 1 fully saturated rings. The van der Waals surface area contributed by atoms with Gasteiger partial charge in [0, 0.05) is 45.9 Å². The fourth-order valence-corrected chi connectivity index (χ4v) is 5.22. The molecular formula is C19H29N5O4S. The van der Waals surface area contributed by atoms with Gasteiger partial charge in [0.15, 0.2) is 0 Å². The van der Waals surface area contributed by atoms with Crippen LogP contribution in [0, 0.1) is 0 Å². The van der Waals surface area contributed by atoms with Crippen molar-refractivity contribution in [2.24, 2.45) is 4.99 Å². The Morgan fingerprint density at radius 1 is 1.28 bits per heavy atom. The van der Waals surface area contributed by atoms with Gasteiger partial charge < -0.3 is 20.7 Å². The third-order valence-electron chi connectivity index (χ3n) is 5.29. The number of piperidine rings is 1. The Hall–Kier alpha value is -2.01. The van der Waals surface area contributed by atoms with Crippen LogP contribution >= 0.6 is 0 Å². The largest absolute Gasteiger partial charge is 0.383 e. The SMILES string of the molecule is COCCNC1=NCCNC12CCN(S(=O)(=O)c1ccc(NC(C)=O)cc1)CC2. The Morgan fingerprint density at radius 3 is 2.59 bits per heavy atom. The summed E-state index contributed by atoms with van der Waals surface area (Å²) in [7, 11) is -1.93. The maximum Gasteiger partial charge on any atom is 0.243 e. The van der Waals surface area contributed by atoms with E-state index in [0.717, 1.165) is 12.4 Å². The van der Waals surface area contributed by atoms with E-state index < -0.39 is 10.0 Å². The minimum atomic E-state index is -3.59. The summed E-state index contributed by atoms with van der Waals surface area (Å²) in [6, 6.07) is 6.27. The fourth-order valence-electron chi connectivity index (χ4n) is 3.78. The second kappa shape index (κ2) is 9.21. The first-order valence-electron chi connectivity index (χ1n) is 9.78. The number of anilines is 1. The number of amidine groups is 1. The maximum absolute atomic E-state index is 13.0. The van der Waals surface area contributed by atoms with E-state index in [-0.39, 0.29) is 16.3 Å². The van der Waals surface area contributed by atoms with Crippen molar-refractivity contribution in [3.63, 3.8) is 0 Å². The molecule has 29 heavy (non-hydrogen) atoms. The molecule has 0 bridgehead atoms. The van der Waals surface area contributed by atoms with E-state index in [1.54, 1.807) is 19.2 Å². The quantitative estimate of drug-likeness (QED) is 0.571. The zero-order valence-corrected chi connectivity index (χ0v) is 17.7. The molecule has 0 saturated carbocycles. The number of aliphatic imine (C=N–C) groups is 1. The van der Waals surface area contributed by atoms with Crippen molar-refractivity contribution in [3.05, 3.63) is 24.3 Å². The first-order chi connectivity index (χ1) is 13.9. The number of ether oxygens (including phenoxy) is 1. The van der Waals surface area contributed by atoms with E-state index in [2.05, 4.69) is 20.9 Å². The molecule has 2 aliphatic rings. The summed E-state index contributed by atoms with van der Waals surface area (Å²) in [6.07, 6.45) is 1.30. The molecule has 10 heteroatoms. The highest BCUT2D eigenvalue weighted by atomic mass is 32.2. The molecule has 0 atom stereocenters. The van der Waals surface area contributed by atoms with Crippen molar-refractivity contribution in [1.82, 2.24) is 14.9 Å². The Labute approximate surface area is 172 Å². The highest BCUT2D eigenvalue weighted by Gasteiger charge is 2.43. The third-order valence-corrected chi connectivity index (χ3v) is 7.20. The molecule has 1 amide bonds. The molecule has 160 valence electrons. The molecule has 0 aromatic heterocycles. The molecule has 0 aliphatic carbocycles. The van der Waals surface area contributed by atoms with Gasteiger partial charge in [0.05, 0.1) is 23.6 Å². The average Bonchev–Trinajstić information content (AvgIpc) is 2.70. The molecule has 1 saturated heterocycles. The molecule has 2 heterocycles. The molecule has 2 aliphatic heterocycles.